The van der Waals surface area contributed by atoms with E-state index in [1.165, 1.54) is 0 Å². The van der Waals surface area contributed by atoms with Gasteiger partial charge >= 0.3 is 0 Å². The second kappa shape index (κ2) is 12.5. The summed E-state index contributed by atoms with van der Waals surface area (Å²) in [6.07, 6.45) is 0.781. The van der Waals surface area contributed by atoms with E-state index in [0.29, 0.717) is 18.7 Å². The number of benzene rings is 2. The quantitative estimate of drug-likeness (QED) is 0.415. The van der Waals surface area contributed by atoms with Crippen molar-refractivity contribution in [2.75, 3.05) is 32.5 Å². The number of carbonyl (C=O) groups excluding carboxylic acids is 2. The zero-order valence-corrected chi connectivity index (χ0v) is 19.7. The first kappa shape index (κ1) is 24.9. The molecule has 0 aliphatic carbocycles. The van der Waals surface area contributed by atoms with Gasteiger partial charge in [-0.1, -0.05) is 38.1 Å². The summed E-state index contributed by atoms with van der Waals surface area (Å²) in [5.41, 5.74) is 3.64. The smallest absolute Gasteiger partial charge is 0.253 e. The van der Waals surface area contributed by atoms with Gasteiger partial charge in [0.15, 0.2) is 5.96 Å². The van der Waals surface area contributed by atoms with Gasteiger partial charge in [0.25, 0.3) is 5.91 Å². The number of amides is 2. The average molecular weight is 438 g/mol. The van der Waals surface area contributed by atoms with Crippen molar-refractivity contribution in [3.05, 3.63) is 65.2 Å². The minimum Gasteiger partial charge on any atom is -0.357 e. The Labute approximate surface area is 191 Å². The first-order valence-electron chi connectivity index (χ1n) is 11.0. The van der Waals surface area contributed by atoms with Gasteiger partial charge in [-0.15, -0.1) is 0 Å². The molecule has 0 spiro atoms. The standard InChI is InChI=1S/C25H35N5O2/c1-6-26-25(27-15-14-19-8-7-9-21(16-19)24(32)30(4)5)28-17-20-10-12-22(13-11-20)29-23(31)18(2)3/h7-13,16,18H,6,14-15,17H2,1-5H3,(H,29,31)(H2,26,27,28). The van der Waals surface area contributed by atoms with Gasteiger partial charge in [-0.25, -0.2) is 4.99 Å². The van der Waals surface area contributed by atoms with Gasteiger partial charge in [-0.05, 0) is 48.7 Å². The number of guanidine groups is 1. The molecular formula is C25H35N5O2. The summed E-state index contributed by atoms with van der Waals surface area (Å²) in [5, 5.41) is 9.49. The first-order valence-corrected chi connectivity index (χ1v) is 11.0. The molecule has 32 heavy (non-hydrogen) atoms. The molecule has 0 saturated heterocycles. The summed E-state index contributed by atoms with van der Waals surface area (Å²) in [7, 11) is 3.51. The highest BCUT2D eigenvalue weighted by Crippen LogP contribution is 2.12. The molecular weight excluding hydrogens is 402 g/mol. The fraction of sp³-hybridized carbons (Fsp3) is 0.400. The SMILES string of the molecule is CCNC(=NCc1ccc(NC(=O)C(C)C)cc1)NCCc1cccc(C(=O)N(C)C)c1. The zero-order valence-electron chi connectivity index (χ0n) is 19.7. The second-order valence-corrected chi connectivity index (χ2v) is 8.11. The van der Waals surface area contributed by atoms with Crippen LogP contribution in [0, 0.1) is 5.92 Å². The molecule has 0 fully saturated rings. The average Bonchev–Trinajstić information content (AvgIpc) is 2.78. The summed E-state index contributed by atoms with van der Waals surface area (Å²) in [5.74, 6) is 0.699. The molecule has 2 aromatic carbocycles. The van der Waals surface area contributed by atoms with Crippen LogP contribution in [0.3, 0.4) is 0 Å². The van der Waals surface area contributed by atoms with Gasteiger partial charge in [0.05, 0.1) is 6.54 Å². The van der Waals surface area contributed by atoms with Gasteiger partial charge in [0.2, 0.25) is 5.91 Å². The lowest BCUT2D eigenvalue weighted by molar-refractivity contribution is -0.118. The molecule has 3 N–H and O–H groups in total. The normalized spacial score (nSPS) is 11.2. The van der Waals surface area contributed by atoms with Crippen LogP contribution in [0.5, 0.6) is 0 Å². The van der Waals surface area contributed by atoms with Crippen molar-refractivity contribution in [2.45, 2.75) is 33.7 Å². The summed E-state index contributed by atoms with van der Waals surface area (Å²) >= 11 is 0. The fourth-order valence-electron chi connectivity index (χ4n) is 2.94. The van der Waals surface area contributed by atoms with Crippen molar-refractivity contribution in [1.29, 1.82) is 0 Å². The number of aliphatic imine (C=N–C) groups is 1. The van der Waals surface area contributed by atoms with Crippen LogP contribution in [0.2, 0.25) is 0 Å². The summed E-state index contributed by atoms with van der Waals surface area (Å²) in [6, 6.07) is 15.4. The molecule has 0 heterocycles. The highest BCUT2D eigenvalue weighted by atomic mass is 16.2. The third kappa shape index (κ3) is 8.06. The number of hydrogen-bond acceptors (Lipinski definition) is 3. The number of rotatable bonds is 9. The van der Waals surface area contributed by atoms with Crippen molar-refractivity contribution in [3.63, 3.8) is 0 Å². The summed E-state index contributed by atoms with van der Waals surface area (Å²) in [4.78, 5) is 30.2. The second-order valence-electron chi connectivity index (χ2n) is 8.11. The van der Waals surface area contributed by atoms with Crippen LogP contribution < -0.4 is 16.0 Å². The molecule has 0 aliphatic heterocycles. The largest absolute Gasteiger partial charge is 0.357 e. The molecule has 0 radical (unpaired) electrons. The van der Waals surface area contributed by atoms with Crippen LogP contribution >= 0.6 is 0 Å². The minimum atomic E-state index is -0.0519. The third-order valence-corrected chi connectivity index (χ3v) is 4.80. The van der Waals surface area contributed by atoms with Crippen molar-refractivity contribution >= 4 is 23.5 Å². The minimum absolute atomic E-state index is 0.00417. The van der Waals surface area contributed by atoms with E-state index in [2.05, 4.69) is 20.9 Å². The van der Waals surface area contributed by atoms with Crippen LogP contribution in [-0.4, -0.2) is 49.9 Å². The van der Waals surface area contributed by atoms with Gasteiger partial charge in [0.1, 0.15) is 0 Å². The lowest BCUT2D eigenvalue weighted by Crippen LogP contribution is -2.38. The van der Waals surface area contributed by atoms with Crippen LogP contribution in [0.1, 0.15) is 42.3 Å². The van der Waals surface area contributed by atoms with Crippen LogP contribution in [0.25, 0.3) is 0 Å². The number of anilines is 1. The Balaban J connectivity index is 1.91. The molecule has 2 amide bonds. The van der Waals surface area contributed by atoms with Crippen molar-refractivity contribution in [2.24, 2.45) is 10.9 Å². The zero-order chi connectivity index (χ0) is 23.5. The molecule has 7 heteroatoms. The van der Waals surface area contributed by atoms with E-state index in [0.717, 1.165) is 35.7 Å². The highest BCUT2D eigenvalue weighted by Gasteiger charge is 2.09. The molecule has 172 valence electrons. The number of hydrogen-bond donors (Lipinski definition) is 3. The maximum atomic E-state index is 12.1. The maximum Gasteiger partial charge on any atom is 0.253 e. The Morgan fingerprint density at radius 1 is 1.00 bits per heavy atom. The Hall–Kier alpha value is -3.35. The van der Waals surface area contributed by atoms with Gasteiger partial charge in [0, 0.05) is 44.4 Å². The molecule has 2 rings (SSSR count). The van der Waals surface area contributed by atoms with Crippen molar-refractivity contribution in [3.8, 4) is 0 Å². The molecule has 0 saturated carbocycles. The van der Waals surface area contributed by atoms with E-state index in [9.17, 15) is 9.59 Å². The number of nitrogens with zero attached hydrogens (tertiary/aromatic N) is 2. The molecule has 7 nitrogen and oxygen atoms in total. The highest BCUT2D eigenvalue weighted by molar-refractivity contribution is 5.94. The molecule has 0 unspecified atom stereocenters. The van der Waals surface area contributed by atoms with E-state index in [4.69, 9.17) is 0 Å². The Morgan fingerprint density at radius 2 is 1.72 bits per heavy atom. The molecule has 2 aromatic rings. The lowest BCUT2D eigenvalue weighted by atomic mass is 10.1. The predicted octanol–water partition coefficient (Wildman–Crippen LogP) is 3.28. The van der Waals surface area contributed by atoms with Crippen LogP contribution in [-0.2, 0) is 17.8 Å². The first-order chi connectivity index (χ1) is 15.3. The monoisotopic (exact) mass is 437 g/mol. The van der Waals surface area contributed by atoms with E-state index in [1.807, 2.05) is 69.3 Å². The fourth-order valence-corrected chi connectivity index (χ4v) is 2.94. The third-order valence-electron chi connectivity index (χ3n) is 4.80. The van der Waals surface area contributed by atoms with E-state index < -0.39 is 0 Å². The lowest BCUT2D eigenvalue weighted by Gasteiger charge is -2.13. The van der Waals surface area contributed by atoms with Crippen LogP contribution in [0.15, 0.2) is 53.5 Å². The van der Waals surface area contributed by atoms with Gasteiger partial charge < -0.3 is 20.9 Å². The van der Waals surface area contributed by atoms with Crippen LogP contribution in [0.4, 0.5) is 5.69 Å². The van der Waals surface area contributed by atoms with E-state index in [1.54, 1.807) is 19.0 Å². The Bertz CT molecular complexity index is 920. The summed E-state index contributed by atoms with van der Waals surface area (Å²) < 4.78 is 0. The topological polar surface area (TPSA) is 85.8 Å². The molecule has 0 aliphatic rings. The number of carbonyl (C=O) groups is 2. The van der Waals surface area contributed by atoms with E-state index in [-0.39, 0.29) is 17.7 Å². The predicted molar refractivity (Wildman–Crippen MR) is 131 cm³/mol. The summed E-state index contributed by atoms with van der Waals surface area (Å²) in [6.45, 7) is 7.76. The Kier molecular flexibility index (Phi) is 9.73. The van der Waals surface area contributed by atoms with E-state index >= 15 is 0 Å². The maximum absolute atomic E-state index is 12.1. The van der Waals surface area contributed by atoms with Crippen molar-refractivity contribution < 1.29 is 9.59 Å². The number of nitrogens with one attached hydrogen (secondary N) is 3. The van der Waals surface area contributed by atoms with Crippen molar-refractivity contribution in [1.82, 2.24) is 15.5 Å². The molecule has 0 bridgehead atoms. The van der Waals surface area contributed by atoms with Gasteiger partial charge in [-0.3, -0.25) is 9.59 Å². The van der Waals surface area contributed by atoms with Gasteiger partial charge in [-0.2, -0.15) is 0 Å². The Morgan fingerprint density at radius 3 is 2.34 bits per heavy atom. The molecule has 0 atom stereocenters. The molecule has 0 aromatic heterocycles.